The third kappa shape index (κ3) is 3.62. The van der Waals surface area contributed by atoms with E-state index in [4.69, 9.17) is 0 Å². The number of nitrogens with zero attached hydrogens (tertiary/aromatic N) is 3. The van der Waals surface area contributed by atoms with E-state index in [0.29, 0.717) is 12.4 Å². The summed E-state index contributed by atoms with van der Waals surface area (Å²) in [5.74, 6) is 1.67. The topological polar surface area (TPSA) is 95.4 Å². The zero-order valence-electron chi connectivity index (χ0n) is 11.8. The van der Waals surface area contributed by atoms with Crippen LogP contribution in [0.1, 0.15) is 19.3 Å². The van der Waals surface area contributed by atoms with Gasteiger partial charge in [0, 0.05) is 25.3 Å². The van der Waals surface area contributed by atoms with Gasteiger partial charge in [-0.3, -0.25) is 0 Å². The molecule has 1 atom stereocenters. The van der Waals surface area contributed by atoms with Crippen molar-refractivity contribution in [3.63, 3.8) is 0 Å². The van der Waals surface area contributed by atoms with Crippen molar-refractivity contribution < 1.29 is 13.5 Å². The first-order chi connectivity index (χ1) is 10.0. The molecule has 3 rings (SSSR count). The van der Waals surface area contributed by atoms with Gasteiger partial charge >= 0.3 is 0 Å². The number of hydrogen-bond acceptors (Lipinski definition) is 7. The molecule has 2 saturated heterocycles. The first-order valence-corrected chi connectivity index (χ1v) is 9.07. The van der Waals surface area contributed by atoms with Gasteiger partial charge in [0.2, 0.25) is 5.95 Å². The highest BCUT2D eigenvalue weighted by Crippen LogP contribution is 2.20. The van der Waals surface area contributed by atoms with Crippen LogP contribution in [0.3, 0.4) is 0 Å². The molecular weight excluding hydrogens is 292 g/mol. The lowest BCUT2D eigenvalue weighted by Gasteiger charge is -2.30. The maximum Gasteiger partial charge on any atom is 0.224 e. The van der Waals surface area contributed by atoms with Crippen molar-refractivity contribution in [2.75, 3.05) is 34.8 Å². The zero-order valence-corrected chi connectivity index (χ0v) is 12.6. The number of nitrogens with one attached hydrogen (secondary N) is 1. The minimum absolute atomic E-state index is 0.103. The fraction of sp³-hybridized carbons (Fsp3) is 0.692. The highest BCUT2D eigenvalue weighted by atomic mass is 32.2. The van der Waals surface area contributed by atoms with Gasteiger partial charge in [0.05, 0.1) is 17.6 Å². The molecule has 0 saturated carbocycles. The zero-order chi connectivity index (χ0) is 14.9. The van der Waals surface area contributed by atoms with Gasteiger partial charge in [-0.05, 0) is 25.3 Å². The largest absolute Gasteiger partial charge is 0.393 e. The van der Waals surface area contributed by atoms with E-state index < -0.39 is 9.84 Å². The predicted octanol–water partition coefficient (Wildman–Crippen LogP) is 0.0367. The maximum absolute atomic E-state index is 11.5. The molecule has 7 nitrogen and oxygen atoms in total. The quantitative estimate of drug-likeness (QED) is 0.813. The number of aliphatic hydroxyl groups is 1. The molecule has 2 N–H and O–H groups in total. The summed E-state index contributed by atoms with van der Waals surface area (Å²) in [7, 11) is -2.91. The molecule has 1 unspecified atom stereocenters. The monoisotopic (exact) mass is 312 g/mol. The van der Waals surface area contributed by atoms with Gasteiger partial charge in [-0.25, -0.2) is 13.4 Å². The number of aliphatic hydroxyl groups excluding tert-OH is 1. The van der Waals surface area contributed by atoms with Crippen LogP contribution in [0.5, 0.6) is 0 Å². The van der Waals surface area contributed by atoms with Crippen molar-refractivity contribution in [3.8, 4) is 0 Å². The number of rotatable bonds is 3. The molecule has 0 radical (unpaired) electrons. The fourth-order valence-electron chi connectivity index (χ4n) is 2.78. The van der Waals surface area contributed by atoms with Crippen LogP contribution in [0.2, 0.25) is 0 Å². The number of hydrogen-bond donors (Lipinski definition) is 2. The molecule has 116 valence electrons. The van der Waals surface area contributed by atoms with Gasteiger partial charge in [-0.2, -0.15) is 4.98 Å². The van der Waals surface area contributed by atoms with E-state index in [-0.39, 0.29) is 23.7 Å². The van der Waals surface area contributed by atoms with Gasteiger partial charge in [0.15, 0.2) is 9.84 Å². The Balaban J connectivity index is 1.66. The summed E-state index contributed by atoms with van der Waals surface area (Å²) in [5.41, 5.74) is 0. The molecule has 1 aromatic heterocycles. The number of aromatic nitrogens is 2. The predicted molar refractivity (Wildman–Crippen MR) is 80.2 cm³/mol. The number of piperidine rings is 1. The third-order valence-corrected chi connectivity index (χ3v) is 5.76. The SMILES string of the molecule is O=S1(=O)CCC(Nc2nccc(N3CCC(O)CC3)n2)C1. The van der Waals surface area contributed by atoms with Gasteiger partial charge in [-0.15, -0.1) is 0 Å². The number of sulfone groups is 1. The lowest BCUT2D eigenvalue weighted by atomic mass is 10.1. The van der Waals surface area contributed by atoms with Crippen molar-refractivity contribution in [2.24, 2.45) is 0 Å². The van der Waals surface area contributed by atoms with Crippen LogP contribution in [-0.2, 0) is 9.84 Å². The van der Waals surface area contributed by atoms with Crippen LogP contribution >= 0.6 is 0 Å². The average Bonchev–Trinajstić information content (AvgIpc) is 2.79. The van der Waals surface area contributed by atoms with E-state index in [9.17, 15) is 13.5 Å². The van der Waals surface area contributed by atoms with E-state index in [1.165, 1.54) is 0 Å². The van der Waals surface area contributed by atoms with Crippen molar-refractivity contribution in [1.29, 1.82) is 0 Å². The van der Waals surface area contributed by atoms with Crippen LogP contribution < -0.4 is 10.2 Å². The van der Waals surface area contributed by atoms with E-state index in [1.807, 2.05) is 6.07 Å². The van der Waals surface area contributed by atoms with Crippen LogP contribution in [0, 0.1) is 0 Å². The Morgan fingerprint density at radius 3 is 2.71 bits per heavy atom. The summed E-state index contributed by atoms with van der Waals surface area (Å²) < 4.78 is 22.9. The minimum Gasteiger partial charge on any atom is -0.393 e. The standard InChI is InChI=1S/C13H20N4O3S/c18-11-2-6-17(7-3-11)12-1-5-14-13(16-12)15-10-4-8-21(19,20)9-10/h1,5,10-11,18H,2-4,6-9H2,(H,14,15,16). The average molecular weight is 312 g/mol. The van der Waals surface area contributed by atoms with Crippen molar-refractivity contribution >= 4 is 21.6 Å². The summed E-state index contributed by atoms with van der Waals surface area (Å²) in [6, 6.07) is 1.74. The molecule has 2 fully saturated rings. The Morgan fingerprint density at radius 1 is 1.29 bits per heavy atom. The normalized spacial score (nSPS) is 26.0. The molecule has 0 spiro atoms. The Kier molecular flexibility index (Phi) is 3.99. The summed E-state index contributed by atoms with van der Waals surface area (Å²) in [6.07, 6.45) is 3.55. The van der Waals surface area contributed by atoms with Crippen molar-refractivity contribution in [2.45, 2.75) is 31.4 Å². The Labute approximate surface area is 124 Å². The summed E-state index contributed by atoms with van der Waals surface area (Å²) >= 11 is 0. The van der Waals surface area contributed by atoms with Crippen LogP contribution in [-0.4, -0.2) is 60.2 Å². The molecule has 21 heavy (non-hydrogen) atoms. The molecule has 0 aliphatic carbocycles. The van der Waals surface area contributed by atoms with Crippen molar-refractivity contribution in [1.82, 2.24) is 9.97 Å². The number of anilines is 2. The minimum atomic E-state index is -2.91. The maximum atomic E-state index is 11.5. The van der Waals surface area contributed by atoms with Crippen LogP contribution in [0.4, 0.5) is 11.8 Å². The van der Waals surface area contributed by atoms with E-state index in [1.54, 1.807) is 6.20 Å². The third-order valence-electron chi connectivity index (χ3n) is 4.00. The van der Waals surface area contributed by atoms with Gasteiger partial charge in [-0.1, -0.05) is 0 Å². The first-order valence-electron chi connectivity index (χ1n) is 7.25. The lowest BCUT2D eigenvalue weighted by molar-refractivity contribution is 0.145. The van der Waals surface area contributed by atoms with Crippen LogP contribution in [0.25, 0.3) is 0 Å². The van der Waals surface area contributed by atoms with E-state index >= 15 is 0 Å². The summed E-state index contributed by atoms with van der Waals surface area (Å²) in [4.78, 5) is 10.7. The van der Waals surface area contributed by atoms with E-state index in [2.05, 4.69) is 20.2 Å². The van der Waals surface area contributed by atoms with Gasteiger partial charge in [0.1, 0.15) is 5.82 Å². The molecule has 0 aromatic carbocycles. The summed E-state index contributed by atoms with van der Waals surface area (Å²) in [5, 5.41) is 12.6. The molecule has 0 bridgehead atoms. The van der Waals surface area contributed by atoms with Gasteiger partial charge < -0.3 is 15.3 Å². The fourth-order valence-corrected chi connectivity index (χ4v) is 4.45. The highest BCUT2D eigenvalue weighted by molar-refractivity contribution is 7.91. The molecule has 1 aromatic rings. The lowest BCUT2D eigenvalue weighted by Crippen LogP contribution is -2.36. The molecule has 2 aliphatic rings. The van der Waals surface area contributed by atoms with Gasteiger partial charge in [0.25, 0.3) is 0 Å². The highest BCUT2D eigenvalue weighted by Gasteiger charge is 2.28. The summed E-state index contributed by atoms with van der Waals surface area (Å²) in [6.45, 7) is 1.55. The molecule has 3 heterocycles. The second-order valence-electron chi connectivity index (χ2n) is 5.70. The second-order valence-corrected chi connectivity index (χ2v) is 7.93. The second kappa shape index (κ2) is 5.76. The Morgan fingerprint density at radius 2 is 2.05 bits per heavy atom. The van der Waals surface area contributed by atoms with Crippen molar-refractivity contribution in [3.05, 3.63) is 12.3 Å². The smallest absolute Gasteiger partial charge is 0.224 e. The van der Waals surface area contributed by atoms with Crippen LogP contribution in [0.15, 0.2) is 12.3 Å². The van der Waals surface area contributed by atoms with E-state index in [0.717, 1.165) is 31.7 Å². The molecule has 8 heteroatoms. The first kappa shape index (κ1) is 14.5. The molecule has 2 aliphatic heterocycles. The Bertz CT molecular complexity index is 599. The Hall–Kier alpha value is -1.41. The molecule has 0 amide bonds. The molecular formula is C13H20N4O3S.